The van der Waals surface area contributed by atoms with E-state index in [0.29, 0.717) is 17.2 Å². The second kappa shape index (κ2) is 6.96. The quantitative estimate of drug-likeness (QED) is 0.553. The van der Waals surface area contributed by atoms with E-state index in [4.69, 9.17) is 9.15 Å². The number of carbonyl (C=O) groups is 1. The number of nitrogens with zero attached hydrogens (tertiary/aromatic N) is 1. The van der Waals surface area contributed by atoms with Crippen LogP contribution in [0.5, 0.6) is 5.75 Å². The van der Waals surface area contributed by atoms with Crippen LogP contribution in [0, 0.1) is 6.92 Å². The number of oxazole rings is 1. The minimum Gasteiger partial charge on any atom is -0.495 e. The van der Waals surface area contributed by atoms with Crippen molar-refractivity contribution in [3.8, 4) is 17.1 Å². The fourth-order valence-corrected chi connectivity index (χ4v) is 3.04. The molecule has 0 saturated heterocycles. The molecule has 0 radical (unpaired) electrons. The molecule has 4 rings (SSSR count). The van der Waals surface area contributed by atoms with Gasteiger partial charge in [-0.05, 0) is 41.5 Å². The van der Waals surface area contributed by atoms with Crippen LogP contribution < -0.4 is 10.1 Å². The Morgan fingerprint density at radius 3 is 2.67 bits per heavy atom. The summed E-state index contributed by atoms with van der Waals surface area (Å²) in [5, 5.41) is 5.05. The van der Waals surface area contributed by atoms with Gasteiger partial charge in [0.2, 0.25) is 0 Å². The van der Waals surface area contributed by atoms with Crippen LogP contribution in [0.15, 0.2) is 71.5 Å². The number of nitrogens with one attached hydrogen (secondary N) is 1. The number of anilines is 1. The molecule has 4 aromatic rings. The summed E-state index contributed by atoms with van der Waals surface area (Å²) in [7, 11) is 1.57. The summed E-state index contributed by atoms with van der Waals surface area (Å²) < 4.78 is 10.9. The van der Waals surface area contributed by atoms with Crippen molar-refractivity contribution < 1.29 is 13.9 Å². The lowest BCUT2D eigenvalue weighted by Gasteiger charge is -2.10. The van der Waals surface area contributed by atoms with Crippen LogP contribution in [0.1, 0.15) is 16.1 Å². The molecule has 0 bridgehead atoms. The van der Waals surface area contributed by atoms with Gasteiger partial charge < -0.3 is 14.5 Å². The van der Waals surface area contributed by atoms with Gasteiger partial charge in [0.1, 0.15) is 5.75 Å². The van der Waals surface area contributed by atoms with Gasteiger partial charge in [0.15, 0.2) is 17.8 Å². The predicted molar refractivity (Wildman–Crippen MR) is 105 cm³/mol. The highest BCUT2D eigenvalue weighted by Crippen LogP contribution is 2.29. The van der Waals surface area contributed by atoms with Crippen molar-refractivity contribution in [1.29, 1.82) is 0 Å². The zero-order valence-electron chi connectivity index (χ0n) is 15.0. The average molecular weight is 358 g/mol. The highest BCUT2D eigenvalue weighted by Gasteiger charge is 2.20. The lowest BCUT2D eigenvalue weighted by atomic mass is 10.0. The first-order valence-corrected chi connectivity index (χ1v) is 8.54. The number of amides is 1. The second-order valence-electron chi connectivity index (χ2n) is 6.25. The third-order valence-corrected chi connectivity index (χ3v) is 4.40. The van der Waals surface area contributed by atoms with E-state index in [1.165, 1.54) is 6.39 Å². The zero-order chi connectivity index (χ0) is 18.8. The standard InChI is InChI=1S/C22H18N2O3/c1-14-7-10-19(26-2)18(11-14)24-22(25)20-21(27-13-23-20)17-9-8-15-5-3-4-6-16(15)12-17/h3-13H,1-2H3,(H,24,25). The molecule has 0 unspecified atom stereocenters. The molecule has 0 aliphatic carbocycles. The SMILES string of the molecule is COc1ccc(C)cc1NC(=O)c1ncoc1-c1ccc2ccccc2c1. The number of fused-ring (bicyclic) bond motifs is 1. The molecular weight excluding hydrogens is 340 g/mol. The van der Waals surface area contributed by atoms with Gasteiger partial charge in [-0.1, -0.05) is 42.5 Å². The summed E-state index contributed by atoms with van der Waals surface area (Å²) in [5.74, 6) is 0.672. The smallest absolute Gasteiger partial charge is 0.278 e. The first-order valence-electron chi connectivity index (χ1n) is 8.54. The minimum absolute atomic E-state index is 0.230. The monoisotopic (exact) mass is 358 g/mol. The Balaban J connectivity index is 1.69. The van der Waals surface area contributed by atoms with Gasteiger partial charge >= 0.3 is 0 Å². The molecule has 0 saturated carbocycles. The summed E-state index contributed by atoms with van der Waals surface area (Å²) in [6, 6.07) is 19.5. The topological polar surface area (TPSA) is 64.4 Å². The lowest BCUT2D eigenvalue weighted by Crippen LogP contribution is -2.14. The van der Waals surface area contributed by atoms with Crippen LogP contribution >= 0.6 is 0 Å². The van der Waals surface area contributed by atoms with Crippen molar-refractivity contribution in [2.45, 2.75) is 6.92 Å². The van der Waals surface area contributed by atoms with Crippen molar-refractivity contribution in [3.05, 3.63) is 78.3 Å². The van der Waals surface area contributed by atoms with E-state index in [2.05, 4.69) is 10.3 Å². The Labute approximate surface area is 156 Å². The summed E-state index contributed by atoms with van der Waals surface area (Å²) in [6.07, 6.45) is 1.28. The zero-order valence-corrected chi connectivity index (χ0v) is 15.0. The van der Waals surface area contributed by atoms with E-state index in [0.717, 1.165) is 21.9 Å². The first kappa shape index (κ1) is 16.8. The summed E-state index contributed by atoms with van der Waals surface area (Å²) in [5.41, 5.74) is 2.64. The van der Waals surface area contributed by atoms with Crippen LogP contribution in [0.3, 0.4) is 0 Å². The Kier molecular flexibility index (Phi) is 4.34. The van der Waals surface area contributed by atoms with E-state index in [9.17, 15) is 4.79 Å². The van der Waals surface area contributed by atoms with Gasteiger partial charge in [-0.2, -0.15) is 0 Å². The van der Waals surface area contributed by atoms with Gasteiger partial charge in [0, 0.05) is 5.56 Å². The molecule has 5 nitrogen and oxygen atoms in total. The Morgan fingerprint density at radius 1 is 1.04 bits per heavy atom. The molecule has 0 aliphatic heterocycles. The Morgan fingerprint density at radius 2 is 1.85 bits per heavy atom. The number of carbonyl (C=O) groups excluding carboxylic acids is 1. The van der Waals surface area contributed by atoms with Gasteiger partial charge in [0.05, 0.1) is 12.8 Å². The molecule has 5 heteroatoms. The van der Waals surface area contributed by atoms with Crippen molar-refractivity contribution in [1.82, 2.24) is 4.98 Å². The van der Waals surface area contributed by atoms with Gasteiger partial charge in [-0.25, -0.2) is 4.98 Å². The van der Waals surface area contributed by atoms with Gasteiger partial charge in [-0.3, -0.25) is 4.79 Å². The van der Waals surface area contributed by atoms with Crippen LogP contribution in [0.4, 0.5) is 5.69 Å². The first-order chi connectivity index (χ1) is 13.2. The number of hydrogen-bond donors (Lipinski definition) is 1. The van der Waals surface area contributed by atoms with Gasteiger partial charge in [0.25, 0.3) is 5.91 Å². The maximum absolute atomic E-state index is 12.8. The number of methoxy groups -OCH3 is 1. The number of ether oxygens (including phenoxy) is 1. The molecule has 27 heavy (non-hydrogen) atoms. The number of benzene rings is 3. The van der Waals surface area contributed by atoms with E-state index in [1.807, 2.05) is 67.6 Å². The minimum atomic E-state index is -0.351. The molecule has 3 aromatic carbocycles. The van der Waals surface area contributed by atoms with E-state index < -0.39 is 0 Å². The molecule has 0 fully saturated rings. The molecule has 1 heterocycles. The van der Waals surface area contributed by atoms with Crippen LogP contribution in [-0.2, 0) is 0 Å². The van der Waals surface area contributed by atoms with Crippen molar-refractivity contribution >= 4 is 22.4 Å². The lowest BCUT2D eigenvalue weighted by molar-refractivity contribution is 0.102. The fourth-order valence-electron chi connectivity index (χ4n) is 3.04. The maximum atomic E-state index is 12.8. The van der Waals surface area contributed by atoms with E-state index >= 15 is 0 Å². The van der Waals surface area contributed by atoms with E-state index in [1.54, 1.807) is 7.11 Å². The maximum Gasteiger partial charge on any atom is 0.278 e. The molecule has 0 atom stereocenters. The average Bonchev–Trinajstić information content (AvgIpc) is 3.18. The Hall–Kier alpha value is -3.60. The highest BCUT2D eigenvalue weighted by atomic mass is 16.5. The van der Waals surface area contributed by atoms with Crippen molar-refractivity contribution in [3.63, 3.8) is 0 Å². The third-order valence-electron chi connectivity index (χ3n) is 4.40. The van der Waals surface area contributed by atoms with Gasteiger partial charge in [-0.15, -0.1) is 0 Å². The number of aromatic nitrogens is 1. The highest BCUT2D eigenvalue weighted by molar-refractivity contribution is 6.07. The van der Waals surface area contributed by atoms with Crippen LogP contribution in [0.2, 0.25) is 0 Å². The predicted octanol–water partition coefficient (Wildman–Crippen LogP) is 5.06. The molecule has 134 valence electrons. The number of aryl methyl sites for hydroxylation is 1. The molecule has 0 spiro atoms. The summed E-state index contributed by atoms with van der Waals surface area (Å²) in [6.45, 7) is 1.95. The number of hydrogen-bond acceptors (Lipinski definition) is 4. The molecular formula is C22H18N2O3. The molecule has 1 aromatic heterocycles. The summed E-state index contributed by atoms with van der Waals surface area (Å²) in [4.78, 5) is 17.0. The number of rotatable bonds is 4. The molecule has 0 aliphatic rings. The summed E-state index contributed by atoms with van der Waals surface area (Å²) >= 11 is 0. The third kappa shape index (κ3) is 3.27. The van der Waals surface area contributed by atoms with Crippen molar-refractivity contribution in [2.24, 2.45) is 0 Å². The second-order valence-corrected chi connectivity index (χ2v) is 6.25. The Bertz CT molecular complexity index is 1130. The van der Waals surface area contributed by atoms with E-state index in [-0.39, 0.29) is 11.6 Å². The molecule has 1 amide bonds. The van der Waals surface area contributed by atoms with Crippen LogP contribution in [0.25, 0.3) is 22.1 Å². The normalized spacial score (nSPS) is 10.7. The fraction of sp³-hybridized carbons (Fsp3) is 0.0909. The largest absolute Gasteiger partial charge is 0.495 e. The van der Waals surface area contributed by atoms with Crippen molar-refractivity contribution in [2.75, 3.05) is 12.4 Å². The molecule has 1 N–H and O–H groups in total. The van der Waals surface area contributed by atoms with Crippen LogP contribution in [-0.4, -0.2) is 18.0 Å².